The highest BCUT2D eigenvalue weighted by molar-refractivity contribution is 5.97. The second-order valence-electron chi connectivity index (χ2n) is 4.55. The first-order valence-corrected chi connectivity index (χ1v) is 6.46. The van der Waals surface area contributed by atoms with Gasteiger partial charge in [-0.3, -0.25) is 9.78 Å². The Labute approximate surface area is 137 Å². The van der Waals surface area contributed by atoms with E-state index in [1.165, 1.54) is 30.6 Å². The Kier molecular flexibility index (Phi) is 4.88. The van der Waals surface area contributed by atoms with Crippen LogP contribution >= 0.6 is 12.4 Å². The first kappa shape index (κ1) is 16.4. The molecule has 1 aromatic heterocycles. The van der Waals surface area contributed by atoms with Crippen LogP contribution in [0.15, 0.2) is 65.1 Å². The lowest BCUT2D eigenvalue weighted by Crippen LogP contribution is -1.92. The standard InChI is InChI=1S/C16H11N3O3.ClH/c20-14-9-13(15(21)12-4-2-1-3-11(12)14)18-19-16(22)10-5-7-17-8-6-10;/h1-9,20-21H;1H. The number of hydrogen-bond donors (Lipinski definition) is 2. The molecule has 1 amide bonds. The number of nitrogens with zero attached hydrogens (tertiary/aromatic N) is 3. The highest BCUT2D eigenvalue weighted by Gasteiger charge is 2.11. The molecular weight excluding hydrogens is 318 g/mol. The summed E-state index contributed by atoms with van der Waals surface area (Å²) >= 11 is 0. The molecule has 2 aromatic carbocycles. The van der Waals surface area contributed by atoms with E-state index in [9.17, 15) is 15.0 Å². The molecule has 0 aliphatic rings. The Morgan fingerprint density at radius 1 is 1.00 bits per heavy atom. The smallest absolute Gasteiger partial charge is 0.295 e. The molecule has 116 valence electrons. The predicted octanol–water partition coefficient (Wildman–Crippen LogP) is 3.99. The average molecular weight is 330 g/mol. The number of aromatic nitrogens is 1. The summed E-state index contributed by atoms with van der Waals surface area (Å²) in [5.41, 5.74) is 0.363. The first-order valence-electron chi connectivity index (χ1n) is 6.46. The molecule has 23 heavy (non-hydrogen) atoms. The Morgan fingerprint density at radius 3 is 2.35 bits per heavy atom. The van der Waals surface area contributed by atoms with E-state index in [-0.39, 0.29) is 29.6 Å². The van der Waals surface area contributed by atoms with Gasteiger partial charge in [0.1, 0.15) is 11.4 Å². The van der Waals surface area contributed by atoms with E-state index in [4.69, 9.17) is 0 Å². The fraction of sp³-hybridized carbons (Fsp3) is 0. The van der Waals surface area contributed by atoms with Crippen LogP contribution in [0.25, 0.3) is 10.8 Å². The van der Waals surface area contributed by atoms with Gasteiger partial charge >= 0.3 is 0 Å². The monoisotopic (exact) mass is 329 g/mol. The fourth-order valence-corrected chi connectivity index (χ4v) is 2.05. The third-order valence-electron chi connectivity index (χ3n) is 3.15. The van der Waals surface area contributed by atoms with Crippen molar-refractivity contribution in [2.45, 2.75) is 0 Å². The highest BCUT2D eigenvalue weighted by atomic mass is 35.5. The van der Waals surface area contributed by atoms with Gasteiger partial charge in [0.05, 0.1) is 0 Å². The van der Waals surface area contributed by atoms with Crippen LogP contribution in [0, 0.1) is 0 Å². The van der Waals surface area contributed by atoms with Gasteiger partial charge in [-0.2, -0.15) is 0 Å². The number of benzene rings is 2. The molecule has 3 aromatic rings. The zero-order valence-corrected chi connectivity index (χ0v) is 12.6. The van der Waals surface area contributed by atoms with Crippen LogP contribution in [0.4, 0.5) is 5.69 Å². The minimum absolute atomic E-state index is 0. The Hall–Kier alpha value is -2.99. The second kappa shape index (κ2) is 6.85. The Balaban J connectivity index is 0.00000192. The summed E-state index contributed by atoms with van der Waals surface area (Å²) in [6.07, 6.45) is 2.95. The van der Waals surface area contributed by atoms with Gasteiger partial charge in [-0.1, -0.05) is 24.3 Å². The van der Waals surface area contributed by atoms with Crippen LogP contribution < -0.4 is 0 Å². The molecule has 0 spiro atoms. The Bertz CT molecular complexity index is 882. The number of pyridine rings is 1. The van der Waals surface area contributed by atoms with Gasteiger partial charge in [-0.05, 0) is 12.1 Å². The number of aromatic hydroxyl groups is 2. The lowest BCUT2D eigenvalue weighted by Gasteiger charge is -2.05. The molecule has 0 atom stereocenters. The molecular formula is C16H12ClN3O3. The molecule has 0 unspecified atom stereocenters. The van der Waals surface area contributed by atoms with Crippen LogP contribution in [0.3, 0.4) is 0 Å². The van der Waals surface area contributed by atoms with Crippen LogP contribution in [0.5, 0.6) is 11.5 Å². The van der Waals surface area contributed by atoms with Gasteiger partial charge in [-0.15, -0.1) is 22.6 Å². The quantitative estimate of drug-likeness (QED) is 0.549. The highest BCUT2D eigenvalue weighted by Crippen LogP contribution is 2.40. The third-order valence-corrected chi connectivity index (χ3v) is 3.15. The number of carbonyl (C=O) groups is 1. The van der Waals surface area contributed by atoms with Gasteiger partial charge < -0.3 is 10.2 Å². The summed E-state index contributed by atoms with van der Waals surface area (Å²) in [6, 6.07) is 11.1. The molecule has 3 rings (SSSR count). The molecule has 0 aliphatic carbocycles. The van der Waals surface area contributed by atoms with Crippen LogP contribution in [0.1, 0.15) is 10.4 Å². The summed E-state index contributed by atoms with van der Waals surface area (Å²) < 4.78 is 0. The lowest BCUT2D eigenvalue weighted by molar-refractivity contribution is 0.0995. The number of phenols is 2. The largest absolute Gasteiger partial charge is 0.507 e. The molecule has 0 saturated carbocycles. The van der Waals surface area contributed by atoms with E-state index < -0.39 is 5.91 Å². The van der Waals surface area contributed by atoms with E-state index in [2.05, 4.69) is 15.2 Å². The number of rotatable bonds is 2. The molecule has 1 heterocycles. The fourth-order valence-electron chi connectivity index (χ4n) is 2.05. The van der Waals surface area contributed by atoms with E-state index in [0.29, 0.717) is 16.3 Å². The number of hydrogen-bond acceptors (Lipinski definition) is 5. The second-order valence-corrected chi connectivity index (χ2v) is 4.55. The zero-order chi connectivity index (χ0) is 15.5. The SMILES string of the molecule is Cl.O=C(N=Nc1cc(O)c2ccccc2c1O)c1ccncc1. The normalized spacial score (nSPS) is 10.6. The number of azo groups is 1. The summed E-state index contributed by atoms with van der Waals surface area (Å²) in [4.78, 5) is 15.7. The van der Waals surface area contributed by atoms with E-state index in [1.807, 2.05) is 0 Å². The van der Waals surface area contributed by atoms with Crippen molar-refractivity contribution in [2.75, 3.05) is 0 Å². The van der Waals surface area contributed by atoms with Crippen LogP contribution in [0.2, 0.25) is 0 Å². The number of fused-ring (bicyclic) bond motifs is 1. The van der Waals surface area contributed by atoms with Gasteiger partial charge in [0.15, 0.2) is 5.75 Å². The van der Waals surface area contributed by atoms with Gasteiger partial charge in [0, 0.05) is 34.8 Å². The maximum atomic E-state index is 11.8. The minimum atomic E-state index is -0.561. The minimum Gasteiger partial charge on any atom is -0.507 e. The number of phenolic OH excluding ortho intramolecular Hbond substituents is 2. The maximum absolute atomic E-state index is 11.8. The molecule has 0 fully saturated rings. The van der Waals surface area contributed by atoms with Crippen molar-refractivity contribution in [1.82, 2.24) is 4.98 Å². The topological polar surface area (TPSA) is 95.1 Å². The van der Waals surface area contributed by atoms with E-state index >= 15 is 0 Å². The van der Waals surface area contributed by atoms with Crippen molar-refractivity contribution in [2.24, 2.45) is 10.2 Å². The average Bonchev–Trinajstić information content (AvgIpc) is 2.57. The molecule has 7 heteroatoms. The first-order chi connectivity index (χ1) is 10.7. The lowest BCUT2D eigenvalue weighted by atomic mass is 10.1. The Morgan fingerprint density at radius 2 is 1.65 bits per heavy atom. The number of carbonyl (C=O) groups excluding carboxylic acids is 1. The van der Waals surface area contributed by atoms with Crippen molar-refractivity contribution < 1.29 is 15.0 Å². The third kappa shape index (κ3) is 3.27. The van der Waals surface area contributed by atoms with Gasteiger partial charge in [-0.25, -0.2) is 0 Å². The van der Waals surface area contributed by atoms with Crippen molar-refractivity contribution in [3.63, 3.8) is 0 Å². The number of amides is 1. The molecule has 0 saturated heterocycles. The molecule has 0 radical (unpaired) electrons. The molecule has 0 aliphatic heterocycles. The van der Waals surface area contributed by atoms with Crippen LogP contribution in [-0.4, -0.2) is 21.1 Å². The van der Waals surface area contributed by atoms with Crippen molar-refractivity contribution in [1.29, 1.82) is 0 Å². The van der Waals surface area contributed by atoms with Gasteiger partial charge in [0.2, 0.25) is 0 Å². The number of halogens is 1. The zero-order valence-electron chi connectivity index (χ0n) is 11.7. The molecule has 6 nitrogen and oxygen atoms in total. The molecule has 2 N–H and O–H groups in total. The van der Waals surface area contributed by atoms with Gasteiger partial charge in [0.25, 0.3) is 5.91 Å². The van der Waals surface area contributed by atoms with Crippen molar-refractivity contribution in [3.05, 3.63) is 60.4 Å². The predicted molar refractivity (Wildman–Crippen MR) is 87.6 cm³/mol. The summed E-state index contributed by atoms with van der Waals surface area (Å²) in [7, 11) is 0. The van der Waals surface area contributed by atoms with E-state index in [0.717, 1.165) is 0 Å². The summed E-state index contributed by atoms with van der Waals surface area (Å²) in [5, 5.41) is 28.4. The van der Waals surface area contributed by atoms with Crippen LogP contribution in [-0.2, 0) is 0 Å². The van der Waals surface area contributed by atoms with E-state index in [1.54, 1.807) is 24.3 Å². The van der Waals surface area contributed by atoms with Crippen molar-refractivity contribution in [3.8, 4) is 11.5 Å². The van der Waals surface area contributed by atoms with Crippen molar-refractivity contribution >= 4 is 34.8 Å². The molecule has 0 bridgehead atoms. The maximum Gasteiger partial charge on any atom is 0.295 e. The summed E-state index contributed by atoms with van der Waals surface area (Å²) in [6.45, 7) is 0. The summed E-state index contributed by atoms with van der Waals surface area (Å²) in [5.74, 6) is -0.743.